The first kappa shape index (κ1) is 41.9. The summed E-state index contributed by atoms with van der Waals surface area (Å²) in [7, 11) is 0. The molecule has 0 radical (unpaired) electrons. The number of benzene rings is 4. The third kappa shape index (κ3) is 10.6. The van der Waals surface area contributed by atoms with Gasteiger partial charge in [0.05, 0.1) is 0 Å². The molecule has 0 unspecified atom stereocenters. The molecule has 2 aromatic heterocycles. The maximum atomic E-state index is 2.53. The molecule has 0 atom stereocenters. The summed E-state index contributed by atoms with van der Waals surface area (Å²) in [6, 6.07) is 45.0. The summed E-state index contributed by atoms with van der Waals surface area (Å²) < 4.78 is 5.05. The van der Waals surface area contributed by atoms with E-state index in [1.165, 1.54) is 146 Å². The van der Waals surface area contributed by atoms with Gasteiger partial charge in [-0.1, -0.05) is 61.4 Å². The van der Waals surface area contributed by atoms with E-state index in [2.05, 4.69) is 165 Å². The lowest BCUT2D eigenvalue weighted by Gasteiger charge is -2.17. The molecular formula is C50H56I2N4. The van der Waals surface area contributed by atoms with E-state index in [0.717, 1.165) is 13.1 Å². The SMILES string of the molecule is C(=C\c1ccc2ccccc2[n+]1CCCCCCCC[n+]1c(/C=C/c2ccc(N3CCCC3)cc2)ccc2ccccc21)/c1ccc(N2CCCC2)cc1.[I-].[I-]. The minimum Gasteiger partial charge on any atom is -1.00 e. The number of hydrogen-bond donors (Lipinski definition) is 0. The monoisotopic (exact) mass is 966 g/mol. The summed E-state index contributed by atoms with van der Waals surface area (Å²) in [5.41, 5.74) is 10.4. The summed E-state index contributed by atoms with van der Waals surface area (Å²) in [5.74, 6) is 0. The van der Waals surface area contributed by atoms with E-state index in [-0.39, 0.29) is 48.0 Å². The number of fused-ring (bicyclic) bond motifs is 2. The third-order valence-corrected chi connectivity index (χ3v) is 11.6. The average Bonchev–Trinajstić information content (AvgIpc) is 3.98. The molecule has 2 aliphatic heterocycles. The van der Waals surface area contributed by atoms with Crippen LogP contribution >= 0.6 is 0 Å². The van der Waals surface area contributed by atoms with Crippen molar-refractivity contribution in [3.05, 3.63) is 144 Å². The number of hydrogen-bond acceptors (Lipinski definition) is 2. The van der Waals surface area contributed by atoms with E-state index in [1.54, 1.807) is 0 Å². The Morgan fingerprint density at radius 2 is 0.768 bits per heavy atom. The molecule has 0 N–H and O–H groups in total. The minimum absolute atomic E-state index is 0. The number of anilines is 2. The fourth-order valence-electron chi connectivity index (χ4n) is 8.50. The van der Waals surface area contributed by atoms with Gasteiger partial charge in [0.2, 0.25) is 22.4 Å². The third-order valence-electron chi connectivity index (χ3n) is 11.6. The molecule has 4 nitrogen and oxygen atoms in total. The van der Waals surface area contributed by atoms with Gasteiger partial charge in [-0.3, -0.25) is 0 Å². The second-order valence-electron chi connectivity index (χ2n) is 15.3. The van der Waals surface area contributed by atoms with Crippen LogP contribution < -0.4 is 66.9 Å². The van der Waals surface area contributed by atoms with Gasteiger partial charge in [-0.05, 0) is 110 Å². The summed E-state index contributed by atoms with van der Waals surface area (Å²) in [6.45, 7) is 6.82. The first-order valence-corrected chi connectivity index (χ1v) is 20.7. The number of aromatic nitrogens is 2. The second-order valence-corrected chi connectivity index (χ2v) is 15.3. The number of rotatable bonds is 15. The lowest BCUT2D eigenvalue weighted by Crippen LogP contribution is -3.00. The number of nitrogens with zero attached hydrogens (tertiary/aromatic N) is 4. The van der Waals surface area contributed by atoms with Crippen LogP contribution in [0.4, 0.5) is 11.4 Å². The van der Waals surface area contributed by atoms with Crippen molar-refractivity contribution in [3.8, 4) is 0 Å². The molecule has 6 aromatic rings. The van der Waals surface area contributed by atoms with Crippen LogP contribution in [0.3, 0.4) is 0 Å². The molecule has 290 valence electrons. The van der Waals surface area contributed by atoms with Crippen molar-refractivity contribution in [2.24, 2.45) is 0 Å². The van der Waals surface area contributed by atoms with Gasteiger partial charge in [0, 0.05) is 97.6 Å². The molecule has 6 heteroatoms. The molecule has 2 fully saturated rings. The molecule has 4 heterocycles. The highest BCUT2D eigenvalue weighted by atomic mass is 127. The van der Waals surface area contributed by atoms with Crippen LogP contribution in [-0.4, -0.2) is 26.2 Å². The maximum absolute atomic E-state index is 2.53. The quantitative estimate of drug-likeness (QED) is 0.0804. The highest BCUT2D eigenvalue weighted by Gasteiger charge is 2.16. The molecular weight excluding hydrogens is 910 g/mol. The zero-order valence-corrected chi connectivity index (χ0v) is 37.0. The second kappa shape index (κ2) is 21.1. The normalized spacial score (nSPS) is 14.3. The van der Waals surface area contributed by atoms with Gasteiger partial charge in [-0.2, -0.15) is 9.13 Å². The Bertz CT molecular complexity index is 2040. The van der Waals surface area contributed by atoms with Gasteiger partial charge in [0.25, 0.3) is 0 Å². The van der Waals surface area contributed by atoms with E-state index >= 15 is 0 Å². The van der Waals surface area contributed by atoms with Gasteiger partial charge < -0.3 is 57.8 Å². The van der Waals surface area contributed by atoms with E-state index < -0.39 is 0 Å². The van der Waals surface area contributed by atoms with Crippen LogP contribution in [0.1, 0.15) is 86.7 Å². The first-order chi connectivity index (χ1) is 26.8. The van der Waals surface area contributed by atoms with Crippen LogP contribution in [0, 0.1) is 0 Å². The molecule has 2 aliphatic rings. The molecule has 0 saturated carbocycles. The number of para-hydroxylation sites is 2. The molecule has 56 heavy (non-hydrogen) atoms. The van der Waals surface area contributed by atoms with Crippen molar-refractivity contribution in [3.63, 3.8) is 0 Å². The Kier molecular flexibility index (Phi) is 15.8. The van der Waals surface area contributed by atoms with E-state index in [4.69, 9.17) is 0 Å². The lowest BCUT2D eigenvalue weighted by molar-refractivity contribution is -0.673. The lowest BCUT2D eigenvalue weighted by atomic mass is 10.1. The van der Waals surface area contributed by atoms with Crippen molar-refractivity contribution >= 4 is 57.5 Å². The molecule has 0 aliphatic carbocycles. The minimum atomic E-state index is 0. The summed E-state index contributed by atoms with van der Waals surface area (Å²) >= 11 is 0. The molecule has 4 aromatic carbocycles. The zero-order valence-electron chi connectivity index (χ0n) is 32.7. The fraction of sp³-hybridized carbons (Fsp3) is 0.320. The fourth-order valence-corrected chi connectivity index (χ4v) is 8.50. The van der Waals surface area contributed by atoms with Crippen molar-refractivity contribution in [2.45, 2.75) is 77.3 Å². The van der Waals surface area contributed by atoms with Crippen LogP contribution in [-0.2, 0) is 13.1 Å². The van der Waals surface area contributed by atoms with Crippen LogP contribution in [0.5, 0.6) is 0 Å². The van der Waals surface area contributed by atoms with Crippen molar-refractivity contribution < 1.29 is 57.1 Å². The standard InChI is InChI=1S/C50H56N4.2HI/c1(3-9-39-53-47(33-25-43-15-5-7-17-49(43)53)31-23-41-19-27-45(28-20-41)51-35-11-12-36-51)2-4-10-40-54-48(34-26-44-16-6-8-18-50(44)54)32-24-42-21-29-46(30-22-42)52-37-13-14-38-52;;/h5-8,15-34H,1-4,9-14,35-40H2;2*1H/q+2;;/p-2. The Hall–Kier alpha value is -3.76. The molecule has 0 amide bonds. The van der Waals surface area contributed by atoms with Crippen LogP contribution in [0.25, 0.3) is 46.1 Å². The summed E-state index contributed by atoms with van der Waals surface area (Å²) in [5, 5.41) is 2.61. The molecule has 0 spiro atoms. The van der Waals surface area contributed by atoms with Crippen LogP contribution in [0.2, 0.25) is 0 Å². The first-order valence-electron chi connectivity index (χ1n) is 20.7. The van der Waals surface area contributed by atoms with Gasteiger partial charge in [-0.25, -0.2) is 0 Å². The highest BCUT2D eigenvalue weighted by molar-refractivity contribution is 5.78. The molecule has 0 bridgehead atoms. The van der Waals surface area contributed by atoms with E-state index in [9.17, 15) is 0 Å². The predicted octanol–water partition coefficient (Wildman–Crippen LogP) is 5.16. The highest BCUT2D eigenvalue weighted by Crippen LogP contribution is 2.23. The largest absolute Gasteiger partial charge is 1.00 e. The topological polar surface area (TPSA) is 14.2 Å². The van der Waals surface area contributed by atoms with Gasteiger partial charge >= 0.3 is 0 Å². The van der Waals surface area contributed by atoms with Crippen molar-refractivity contribution in [1.82, 2.24) is 0 Å². The van der Waals surface area contributed by atoms with Crippen molar-refractivity contribution in [1.29, 1.82) is 0 Å². The van der Waals surface area contributed by atoms with Crippen LogP contribution in [0.15, 0.2) is 121 Å². The number of aryl methyl sites for hydroxylation is 2. The zero-order chi connectivity index (χ0) is 36.4. The van der Waals surface area contributed by atoms with Crippen molar-refractivity contribution in [2.75, 3.05) is 36.0 Å². The Balaban J connectivity index is 0.00000266. The number of unbranched alkanes of at least 4 members (excludes halogenated alkanes) is 5. The van der Waals surface area contributed by atoms with E-state index in [0.29, 0.717) is 0 Å². The Morgan fingerprint density at radius 1 is 0.393 bits per heavy atom. The molecule has 8 rings (SSSR count). The van der Waals surface area contributed by atoms with E-state index in [1.807, 2.05) is 0 Å². The van der Waals surface area contributed by atoms with Gasteiger partial charge in [0.1, 0.15) is 13.1 Å². The smallest absolute Gasteiger partial charge is 0.212 e. The van der Waals surface area contributed by atoms with Gasteiger partial charge in [-0.15, -0.1) is 0 Å². The Labute approximate surface area is 369 Å². The predicted molar refractivity (Wildman–Crippen MR) is 230 cm³/mol. The summed E-state index contributed by atoms with van der Waals surface area (Å²) in [6.07, 6.45) is 21.8. The average molecular weight is 967 g/mol. The maximum Gasteiger partial charge on any atom is 0.212 e. The summed E-state index contributed by atoms with van der Waals surface area (Å²) in [4.78, 5) is 5.00. The number of pyridine rings is 2. The molecule has 2 saturated heterocycles. The number of halogens is 2. The van der Waals surface area contributed by atoms with Gasteiger partial charge in [0.15, 0.2) is 0 Å². The Morgan fingerprint density at radius 3 is 1.18 bits per heavy atom.